The summed E-state index contributed by atoms with van der Waals surface area (Å²) >= 11 is 0. The molecule has 0 aliphatic heterocycles. The first kappa shape index (κ1) is 38.0. The van der Waals surface area contributed by atoms with E-state index in [0.29, 0.717) is 42.3 Å². The molecule has 5 rings (SSSR count). The molecule has 4 aliphatic carbocycles. The molecule has 9 heteroatoms. The van der Waals surface area contributed by atoms with Crippen LogP contribution >= 0.6 is 21.6 Å². The van der Waals surface area contributed by atoms with Gasteiger partial charge in [0.25, 0.3) is 0 Å². The van der Waals surface area contributed by atoms with Gasteiger partial charge in [0.1, 0.15) is 18.2 Å². The van der Waals surface area contributed by atoms with Crippen molar-refractivity contribution in [3.63, 3.8) is 0 Å². The molecule has 2 saturated carbocycles. The van der Waals surface area contributed by atoms with Gasteiger partial charge in [-0.15, -0.1) is 0 Å². The van der Waals surface area contributed by atoms with Crippen LogP contribution in [0.3, 0.4) is 0 Å². The minimum absolute atomic E-state index is 0.0126. The van der Waals surface area contributed by atoms with Crippen molar-refractivity contribution in [2.45, 2.75) is 141 Å². The van der Waals surface area contributed by atoms with Crippen LogP contribution in [0.4, 0.5) is 0 Å². The molecule has 1 heterocycles. The van der Waals surface area contributed by atoms with Crippen molar-refractivity contribution in [3.05, 3.63) is 47.8 Å². The Morgan fingerprint density at radius 1 is 0.959 bits per heavy atom. The molecule has 7 nitrogen and oxygen atoms in total. The highest BCUT2D eigenvalue weighted by Gasteiger charge is 2.57. The fourth-order valence-corrected chi connectivity index (χ4v) is 11.6. The zero-order chi connectivity index (χ0) is 35.4. The van der Waals surface area contributed by atoms with Gasteiger partial charge in [0.15, 0.2) is 0 Å². The first-order valence-corrected chi connectivity index (χ1v) is 20.8. The van der Waals surface area contributed by atoms with Gasteiger partial charge in [-0.25, -0.2) is 0 Å². The summed E-state index contributed by atoms with van der Waals surface area (Å²) in [7, 11) is 3.52. The summed E-state index contributed by atoms with van der Waals surface area (Å²) in [6.45, 7) is 14.6. The molecular formula is C40H58N2O5S2. The number of fused-ring (bicyclic) bond motifs is 5. The van der Waals surface area contributed by atoms with E-state index < -0.39 is 11.6 Å². The van der Waals surface area contributed by atoms with Crippen LogP contribution in [0.25, 0.3) is 5.57 Å². The minimum Gasteiger partial charge on any atom is -0.462 e. The van der Waals surface area contributed by atoms with E-state index >= 15 is 0 Å². The van der Waals surface area contributed by atoms with Crippen LogP contribution in [-0.4, -0.2) is 51.6 Å². The Morgan fingerprint density at radius 2 is 1.67 bits per heavy atom. The topological polar surface area (TPSA) is 94.6 Å². The fraction of sp³-hybridized carbons (Fsp3) is 0.700. The number of hydrogen-bond donors (Lipinski definition) is 1. The quantitative estimate of drug-likeness (QED) is 0.123. The van der Waals surface area contributed by atoms with Crippen molar-refractivity contribution >= 4 is 45.0 Å². The van der Waals surface area contributed by atoms with E-state index in [-0.39, 0.29) is 40.6 Å². The maximum Gasteiger partial charge on any atom is 0.325 e. The first-order valence-electron chi connectivity index (χ1n) is 18.5. The molecule has 8 unspecified atom stereocenters. The molecule has 270 valence electrons. The van der Waals surface area contributed by atoms with Crippen molar-refractivity contribution in [2.24, 2.45) is 28.6 Å². The Balaban J connectivity index is 1.01. The Kier molecular flexibility index (Phi) is 12.4. The predicted molar refractivity (Wildman–Crippen MR) is 201 cm³/mol. The Bertz CT molecular complexity index is 1410. The smallest absolute Gasteiger partial charge is 0.325 e. The third kappa shape index (κ3) is 9.35. The number of rotatable bonds is 13. The number of nitrogens with zero attached hydrogens (tertiary/aromatic N) is 1. The molecule has 2 fully saturated rings. The summed E-state index contributed by atoms with van der Waals surface area (Å²) in [5.41, 5.74) is 4.22. The van der Waals surface area contributed by atoms with Crippen molar-refractivity contribution in [1.29, 1.82) is 0 Å². The molecule has 1 aromatic rings. The number of esters is 2. The van der Waals surface area contributed by atoms with Crippen LogP contribution in [0.2, 0.25) is 0 Å². The zero-order valence-corrected chi connectivity index (χ0v) is 32.4. The summed E-state index contributed by atoms with van der Waals surface area (Å²) in [5.74, 6) is 1.44. The van der Waals surface area contributed by atoms with Gasteiger partial charge in [-0.1, -0.05) is 73.1 Å². The molecule has 0 radical (unpaired) electrons. The van der Waals surface area contributed by atoms with Crippen molar-refractivity contribution in [3.8, 4) is 0 Å². The SMILES string of the molecule is CC(CCC(=O)NCC(=O)OC(C)(C)C)SSC(C)CCC(=O)OC1CCC2(C)C(=CCC3C2CCC2(C)C(c4cccnc4)=CCC32)C1. The number of ether oxygens (including phenoxy) is 2. The van der Waals surface area contributed by atoms with Crippen molar-refractivity contribution in [1.82, 2.24) is 10.3 Å². The lowest BCUT2D eigenvalue weighted by atomic mass is 9.47. The molecule has 1 aromatic heterocycles. The lowest BCUT2D eigenvalue weighted by molar-refractivity contribution is -0.154. The van der Waals surface area contributed by atoms with E-state index in [0.717, 1.165) is 32.1 Å². The second-order valence-electron chi connectivity index (χ2n) is 16.4. The number of nitrogens with one attached hydrogen (secondary N) is 1. The van der Waals surface area contributed by atoms with Gasteiger partial charge < -0.3 is 14.8 Å². The third-order valence-corrected chi connectivity index (χ3v) is 15.2. The van der Waals surface area contributed by atoms with Crippen LogP contribution in [0.15, 0.2) is 42.3 Å². The van der Waals surface area contributed by atoms with Gasteiger partial charge in [-0.3, -0.25) is 19.4 Å². The summed E-state index contributed by atoms with van der Waals surface area (Å²) in [6.07, 6.45) is 19.0. The van der Waals surface area contributed by atoms with E-state index in [4.69, 9.17) is 9.47 Å². The Labute approximate surface area is 302 Å². The Hall–Kier alpha value is -2.26. The number of aromatic nitrogens is 1. The average molecular weight is 711 g/mol. The second kappa shape index (κ2) is 16.0. The Morgan fingerprint density at radius 3 is 2.37 bits per heavy atom. The number of allylic oxidation sites excluding steroid dienone is 3. The van der Waals surface area contributed by atoms with E-state index in [1.54, 1.807) is 42.4 Å². The van der Waals surface area contributed by atoms with Crippen LogP contribution in [0, 0.1) is 28.6 Å². The molecular weight excluding hydrogens is 653 g/mol. The normalized spacial score (nSPS) is 30.4. The van der Waals surface area contributed by atoms with Gasteiger partial charge in [0.05, 0.1) is 0 Å². The van der Waals surface area contributed by atoms with Gasteiger partial charge in [-0.2, -0.15) is 0 Å². The molecule has 1 N–H and O–H groups in total. The summed E-state index contributed by atoms with van der Waals surface area (Å²) in [6, 6.07) is 4.29. The van der Waals surface area contributed by atoms with E-state index in [1.807, 2.05) is 12.4 Å². The van der Waals surface area contributed by atoms with E-state index in [9.17, 15) is 14.4 Å². The van der Waals surface area contributed by atoms with Crippen LogP contribution < -0.4 is 5.32 Å². The van der Waals surface area contributed by atoms with Crippen molar-refractivity contribution in [2.75, 3.05) is 6.54 Å². The summed E-state index contributed by atoms with van der Waals surface area (Å²) < 4.78 is 11.3. The zero-order valence-electron chi connectivity index (χ0n) is 30.7. The molecule has 1 amide bonds. The molecule has 49 heavy (non-hydrogen) atoms. The monoisotopic (exact) mass is 710 g/mol. The third-order valence-electron chi connectivity index (χ3n) is 11.7. The standard InChI is InChI=1S/C40H58N2O5S2/c1-26(10-16-35(43)42-25-37(45)47-38(3,4)5)48-49-27(2)11-17-36(44)46-30-18-20-39(6)29(23-30)12-13-31-33-15-14-32(28-9-8-22-41-24-28)40(33,7)21-19-34(31)39/h8-9,12,14,22,24,26-27,30-31,33-34H,10-11,13,15-21,23,25H2,1-7H3,(H,42,43). The summed E-state index contributed by atoms with van der Waals surface area (Å²) in [4.78, 5) is 41.4. The highest BCUT2D eigenvalue weighted by molar-refractivity contribution is 8.77. The van der Waals surface area contributed by atoms with Crippen LogP contribution in [0.1, 0.15) is 125 Å². The number of hydrogen-bond acceptors (Lipinski definition) is 8. The molecule has 8 atom stereocenters. The van der Waals surface area contributed by atoms with Gasteiger partial charge in [0.2, 0.25) is 5.91 Å². The number of pyridine rings is 1. The number of carbonyl (C=O) groups is 3. The largest absolute Gasteiger partial charge is 0.462 e. The van der Waals surface area contributed by atoms with Crippen LogP contribution in [-0.2, 0) is 23.9 Å². The second-order valence-corrected chi connectivity index (χ2v) is 19.6. The number of carbonyl (C=O) groups excluding carboxylic acids is 3. The highest BCUT2D eigenvalue weighted by Crippen LogP contribution is 2.66. The fourth-order valence-electron chi connectivity index (χ4n) is 9.09. The molecule has 0 spiro atoms. The molecule has 4 aliphatic rings. The lowest BCUT2D eigenvalue weighted by Gasteiger charge is -2.57. The maximum atomic E-state index is 12.9. The predicted octanol–water partition coefficient (Wildman–Crippen LogP) is 9.13. The van der Waals surface area contributed by atoms with Crippen molar-refractivity contribution < 1.29 is 23.9 Å². The molecule has 0 aromatic carbocycles. The van der Waals surface area contributed by atoms with Gasteiger partial charge in [0, 0.05) is 42.2 Å². The minimum atomic E-state index is -0.564. The van der Waals surface area contributed by atoms with Gasteiger partial charge >= 0.3 is 11.9 Å². The van der Waals surface area contributed by atoms with E-state index in [1.165, 1.54) is 36.0 Å². The average Bonchev–Trinajstić information content (AvgIpc) is 3.41. The highest BCUT2D eigenvalue weighted by atomic mass is 33.1. The lowest BCUT2D eigenvalue weighted by Crippen LogP contribution is -2.50. The molecule has 0 saturated heterocycles. The van der Waals surface area contributed by atoms with E-state index in [2.05, 4.69) is 62.3 Å². The van der Waals surface area contributed by atoms with Crippen LogP contribution in [0.5, 0.6) is 0 Å². The maximum absolute atomic E-state index is 12.9. The molecule has 0 bridgehead atoms. The number of amides is 1. The summed E-state index contributed by atoms with van der Waals surface area (Å²) in [5, 5.41) is 3.22. The van der Waals surface area contributed by atoms with Gasteiger partial charge in [-0.05, 0) is 118 Å². The first-order chi connectivity index (χ1) is 23.2.